The highest BCUT2D eigenvalue weighted by atomic mass is 35.5. The fourth-order valence-electron chi connectivity index (χ4n) is 2.23. The Morgan fingerprint density at radius 3 is 2.74 bits per heavy atom. The van der Waals surface area contributed by atoms with E-state index in [1.54, 1.807) is 13.0 Å². The fraction of sp³-hybridized carbons (Fsp3) is 0.375. The smallest absolute Gasteiger partial charge is 0.257 e. The van der Waals surface area contributed by atoms with Gasteiger partial charge in [-0.3, -0.25) is 4.79 Å². The van der Waals surface area contributed by atoms with E-state index in [1.807, 2.05) is 32.0 Å². The molecule has 1 aromatic carbocycles. The van der Waals surface area contributed by atoms with Crippen molar-refractivity contribution in [3.8, 4) is 11.3 Å². The molecule has 1 heterocycles. The largest absolute Gasteiger partial charge is 0.360 e. The monoisotopic (exact) mass is 357 g/mol. The standard InChI is InChI=1S/C16H20ClN3O2.ClH/c1-4-18-10(2)9-19-16(21)14-11(3)22-20-15(14)12-7-5-6-8-13(12)17;/h5-8,10,18H,4,9H2,1-3H3,(H,19,21);1H/t10-;/m1./s1. The topological polar surface area (TPSA) is 67.2 Å². The number of carbonyl (C=O) groups is 1. The molecular formula is C16H21Cl2N3O2. The lowest BCUT2D eigenvalue weighted by Crippen LogP contribution is -2.39. The zero-order valence-electron chi connectivity index (χ0n) is 13.4. The summed E-state index contributed by atoms with van der Waals surface area (Å²) < 4.78 is 5.20. The summed E-state index contributed by atoms with van der Waals surface area (Å²) in [6, 6.07) is 7.45. The predicted octanol–water partition coefficient (Wildman–Crippen LogP) is 3.45. The van der Waals surface area contributed by atoms with Crippen LogP contribution in [-0.2, 0) is 0 Å². The van der Waals surface area contributed by atoms with Crippen molar-refractivity contribution in [3.63, 3.8) is 0 Å². The number of carbonyl (C=O) groups excluding carboxylic acids is 1. The number of nitrogens with one attached hydrogen (secondary N) is 2. The van der Waals surface area contributed by atoms with Crippen molar-refractivity contribution in [2.45, 2.75) is 26.8 Å². The van der Waals surface area contributed by atoms with Crippen LogP contribution >= 0.6 is 24.0 Å². The SMILES string of the molecule is CCN[C@H](C)CNC(=O)c1c(-c2ccccc2Cl)noc1C.Cl. The molecule has 0 aliphatic heterocycles. The van der Waals surface area contributed by atoms with Gasteiger partial charge in [0.25, 0.3) is 5.91 Å². The molecule has 7 heteroatoms. The van der Waals surface area contributed by atoms with Crippen LogP contribution in [0.2, 0.25) is 5.02 Å². The van der Waals surface area contributed by atoms with Gasteiger partial charge in [-0.2, -0.15) is 0 Å². The number of amides is 1. The number of hydrogen-bond acceptors (Lipinski definition) is 4. The maximum absolute atomic E-state index is 12.5. The molecular weight excluding hydrogens is 337 g/mol. The summed E-state index contributed by atoms with van der Waals surface area (Å²) in [4.78, 5) is 12.5. The maximum atomic E-state index is 12.5. The minimum atomic E-state index is -0.210. The average molecular weight is 358 g/mol. The van der Waals surface area contributed by atoms with Gasteiger partial charge in [0.05, 0.1) is 5.02 Å². The Balaban J connectivity index is 0.00000264. The molecule has 1 amide bonds. The van der Waals surface area contributed by atoms with Crippen molar-refractivity contribution >= 4 is 29.9 Å². The molecule has 0 unspecified atom stereocenters. The van der Waals surface area contributed by atoms with Crippen molar-refractivity contribution in [1.82, 2.24) is 15.8 Å². The zero-order chi connectivity index (χ0) is 16.1. The summed E-state index contributed by atoms with van der Waals surface area (Å²) in [5, 5.41) is 10.7. The highest BCUT2D eigenvalue weighted by molar-refractivity contribution is 6.33. The summed E-state index contributed by atoms with van der Waals surface area (Å²) in [5.41, 5.74) is 1.58. The van der Waals surface area contributed by atoms with E-state index in [2.05, 4.69) is 15.8 Å². The van der Waals surface area contributed by atoms with Gasteiger partial charge in [-0.15, -0.1) is 12.4 Å². The van der Waals surface area contributed by atoms with E-state index in [-0.39, 0.29) is 24.4 Å². The molecule has 0 bridgehead atoms. The number of rotatable bonds is 6. The molecule has 0 aliphatic rings. The second kappa shape index (κ2) is 8.91. The van der Waals surface area contributed by atoms with Gasteiger partial charge >= 0.3 is 0 Å². The second-order valence-electron chi connectivity index (χ2n) is 5.11. The quantitative estimate of drug-likeness (QED) is 0.830. The number of aryl methyl sites for hydroxylation is 1. The first-order valence-electron chi connectivity index (χ1n) is 7.27. The molecule has 1 aromatic heterocycles. The predicted molar refractivity (Wildman–Crippen MR) is 94.4 cm³/mol. The van der Waals surface area contributed by atoms with Gasteiger partial charge in [-0.25, -0.2) is 0 Å². The molecule has 23 heavy (non-hydrogen) atoms. The molecule has 1 atom stereocenters. The van der Waals surface area contributed by atoms with Crippen LogP contribution in [0.4, 0.5) is 0 Å². The third kappa shape index (κ3) is 4.70. The third-order valence-corrected chi connectivity index (χ3v) is 3.67. The number of nitrogens with zero attached hydrogens (tertiary/aromatic N) is 1. The molecule has 5 nitrogen and oxygen atoms in total. The highest BCUT2D eigenvalue weighted by Gasteiger charge is 2.22. The minimum absolute atomic E-state index is 0. The number of aromatic nitrogens is 1. The van der Waals surface area contributed by atoms with Crippen LogP contribution in [0.1, 0.15) is 30.0 Å². The van der Waals surface area contributed by atoms with Gasteiger partial charge in [0.2, 0.25) is 0 Å². The van der Waals surface area contributed by atoms with Crippen molar-refractivity contribution in [1.29, 1.82) is 0 Å². The number of hydrogen-bond donors (Lipinski definition) is 2. The van der Waals surface area contributed by atoms with Crippen LogP contribution in [-0.4, -0.2) is 30.2 Å². The van der Waals surface area contributed by atoms with Gasteiger partial charge in [-0.05, 0) is 26.5 Å². The lowest BCUT2D eigenvalue weighted by molar-refractivity contribution is 0.0949. The molecule has 2 aromatic rings. The van der Waals surface area contributed by atoms with Crippen molar-refractivity contribution in [2.24, 2.45) is 0 Å². The Hall–Kier alpha value is -1.56. The number of halogens is 2. The molecule has 0 saturated heterocycles. The lowest BCUT2D eigenvalue weighted by atomic mass is 10.1. The summed E-state index contributed by atoms with van der Waals surface area (Å²) in [6.07, 6.45) is 0. The van der Waals surface area contributed by atoms with E-state index >= 15 is 0 Å². The van der Waals surface area contributed by atoms with Gasteiger partial charge in [0.15, 0.2) is 0 Å². The minimum Gasteiger partial charge on any atom is -0.360 e. The van der Waals surface area contributed by atoms with E-state index < -0.39 is 0 Å². The lowest BCUT2D eigenvalue weighted by Gasteiger charge is -2.13. The van der Waals surface area contributed by atoms with E-state index in [1.165, 1.54) is 0 Å². The second-order valence-corrected chi connectivity index (χ2v) is 5.52. The maximum Gasteiger partial charge on any atom is 0.257 e. The van der Waals surface area contributed by atoms with E-state index in [0.29, 0.717) is 34.1 Å². The van der Waals surface area contributed by atoms with Crippen molar-refractivity contribution in [3.05, 3.63) is 40.6 Å². The Kier molecular flexibility index (Phi) is 7.55. The molecule has 2 N–H and O–H groups in total. The molecule has 2 rings (SSSR count). The Bertz CT molecular complexity index is 659. The van der Waals surface area contributed by atoms with Gasteiger partial charge in [0, 0.05) is 18.2 Å². The van der Waals surface area contributed by atoms with Crippen LogP contribution in [0.15, 0.2) is 28.8 Å². The molecule has 0 spiro atoms. The first-order chi connectivity index (χ1) is 10.5. The summed E-state index contributed by atoms with van der Waals surface area (Å²) >= 11 is 6.19. The molecule has 0 fully saturated rings. The Morgan fingerprint density at radius 2 is 2.09 bits per heavy atom. The Labute approximate surface area is 147 Å². The van der Waals surface area contributed by atoms with E-state index in [0.717, 1.165) is 6.54 Å². The van der Waals surface area contributed by atoms with Gasteiger partial charge in [-0.1, -0.05) is 41.9 Å². The summed E-state index contributed by atoms with van der Waals surface area (Å²) in [6.45, 7) is 7.14. The van der Waals surface area contributed by atoms with Crippen LogP contribution < -0.4 is 10.6 Å². The third-order valence-electron chi connectivity index (χ3n) is 3.34. The molecule has 0 radical (unpaired) electrons. The van der Waals surface area contributed by atoms with Crippen LogP contribution in [0.3, 0.4) is 0 Å². The molecule has 126 valence electrons. The van der Waals surface area contributed by atoms with Crippen LogP contribution in [0.25, 0.3) is 11.3 Å². The van der Waals surface area contributed by atoms with E-state index in [9.17, 15) is 4.79 Å². The highest BCUT2D eigenvalue weighted by Crippen LogP contribution is 2.30. The molecule has 0 saturated carbocycles. The zero-order valence-corrected chi connectivity index (χ0v) is 14.9. The first kappa shape index (κ1) is 19.5. The molecule has 0 aliphatic carbocycles. The Morgan fingerprint density at radius 1 is 1.39 bits per heavy atom. The summed E-state index contributed by atoms with van der Waals surface area (Å²) in [5.74, 6) is 0.266. The van der Waals surface area contributed by atoms with Crippen LogP contribution in [0, 0.1) is 6.92 Å². The van der Waals surface area contributed by atoms with Crippen molar-refractivity contribution in [2.75, 3.05) is 13.1 Å². The number of likely N-dealkylation sites (N-methyl/N-ethyl adjacent to an activating group) is 1. The van der Waals surface area contributed by atoms with Crippen LogP contribution in [0.5, 0.6) is 0 Å². The van der Waals surface area contributed by atoms with Gasteiger partial charge < -0.3 is 15.2 Å². The first-order valence-corrected chi connectivity index (χ1v) is 7.65. The van der Waals surface area contributed by atoms with E-state index in [4.69, 9.17) is 16.1 Å². The van der Waals surface area contributed by atoms with Crippen molar-refractivity contribution < 1.29 is 9.32 Å². The number of benzene rings is 1. The summed E-state index contributed by atoms with van der Waals surface area (Å²) in [7, 11) is 0. The van der Waals surface area contributed by atoms with Gasteiger partial charge in [0.1, 0.15) is 17.0 Å². The normalized spacial score (nSPS) is 11.7. The average Bonchev–Trinajstić information content (AvgIpc) is 2.87. The fourth-order valence-corrected chi connectivity index (χ4v) is 2.46.